The first kappa shape index (κ1) is 20.9. The Hall–Kier alpha value is -1.07. The predicted molar refractivity (Wildman–Crippen MR) is 88.3 cm³/mol. The Bertz CT molecular complexity index is 366. The minimum atomic E-state index is -0.637. The first-order chi connectivity index (χ1) is 10.2. The highest BCUT2D eigenvalue weighted by atomic mass is 35.5. The van der Waals surface area contributed by atoms with Gasteiger partial charge in [-0.25, -0.2) is 4.79 Å². The van der Waals surface area contributed by atoms with E-state index in [0.29, 0.717) is 19.6 Å². The fraction of sp³-hybridized carbons (Fsp3) is 0.750. The van der Waals surface area contributed by atoms with Crippen LogP contribution in [0.2, 0.25) is 0 Å². The molecule has 0 aromatic carbocycles. The van der Waals surface area contributed by atoms with Gasteiger partial charge in [0.15, 0.2) is 5.78 Å². The van der Waals surface area contributed by atoms with Crippen molar-refractivity contribution in [2.75, 3.05) is 19.1 Å². The minimum absolute atomic E-state index is 0.139. The number of carbonyl (C=O) groups excluding carboxylic acids is 2. The highest BCUT2D eigenvalue weighted by molar-refractivity contribution is 6.28. The third-order valence-electron chi connectivity index (χ3n) is 2.84. The molecular formula is C16H28ClNO4. The molecular weight excluding hydrogens is 306 g/mol. The van der Waals surface area contributed by atoms with Crippen molar-refractivity contribution in [1.82, 2.24) is 5.32 Å². The molecule has 2 unspecified atom stereocenters. The van der Waals surface area contributed by atoms with Crippen LogP contribution in [0.3, 0.4) is 0 Å². The van der Waals surface area contributed by atoms with Crippen molar-refractivity contribution in [3.63, 3.8) is 0 Å². The Labute approximate surface area is 138 Å². The van der Waals surface area contributed by atoms with E-state index >= 15 is 0 Å². The van der Waals surface area contributed by atoms with Crippen LogP contribution in [0.25, 0.3) is 0 Å². The van der Waals surface area contributed by atoms with Crippen LogP contribution < -0.4 is 5.32 Å². The molecule has 0 radical (unpaired) electrons. The van der Waals surface area contributed by atoms with Crippen molar-refractivity contribution in [3.05, 3.63) is 12.7 Å². The van der Waals surface area contributed by atoms with Crippen LogP contribution in [-0.4, -0.2) is 42.6 Å². The number of halogens is 1. The molecule has 0 saturated carbocycles. The van der Waals surface area contributed by atoms with E-state index in [4.69, 9.17) is 21.1 Å². The van der Waals surface area contributed by atoms with Gasteiger partial charge in [0, 0.05) is 6.61 Å². The Morgan fingerprint density at radius 2 is 2.00 bits per heavy atom. The molecule has 0 aromatic rings. The monoisotopic (exact) mass is 333 g/mol. The van der Waals surface area contributed by atoms with E-state index in [9.17, 15) is 9.59 Å². The quantitative estimate of drug-likeness (QED) is 0.378. The molecule has 0 bridgehead atoms. The predicted octanol–water partition coefficient (Wildman–Crippen LogP) is 3.31. The molecule has 2 atom stereocenters. The molecule has 0 spiro atoms. The van der Waals surface area contributed by atoms with Crippen molar-refractivity contribution < 1.29 is 19.1 Å². The molecule has 0 aliphatic rings. The average molecular weight is 334 g/mol. The molecule has 1 amide bonds. The fourth-order valence-electron chi connectivity index (χ4n) is 1.79. The van der Waals surface area contributed by atoms with Crippen molar-refractivity contribution >= 4 is 23.5 Å². The molecule has 0 aliphatic carbocycles. The number of hydrogen-bond acceptors (Lipinski definition) is 4. The lowest BCUT2D eigenvalue weighted by atomic mass is 9.97. The van der Waals surface area contributed by atoms with Gasteiger partial charge in [-0.3, -0.25) is 4.79 Å². The van der Waals surface area contributed by atoms with E-state index in [1.807, 2.05) is 6.92 Å². The molecule has 128 valence electrons. The smallest absolute Gasteiger partial charge is 0.408 e. The average Bonchev–Trinajstić information content (AvgIpc) is 2.40. The number of ketones is 1. The van der Waals surface area contributed by atoms with Crippen molar-refractivity contribution in [2.24, 2.45) is 5.92 Å². The zero-order valence-corrected chi connectivity index (χ0v) is 14.7. The maximum atomic E-state index is 11.9. The first-order valence-corrected chi connectivity index (χ1v) is 8.00. The summed E-state index contributed by atoms with van der Waals surface area (Å²) >= 11 is 5.61. The number of Topliss-reactive ketones (excluding diaryl/α,β-unsaturated/α-hetero) is 1. The second-order valence-electron chi connectivity index (χ2n) is 6.29. The van der Waals surface area contributed by atoms with Crippen LogP contribution in [-0.2, 0) is 14.3 Å². The molecule has 0 fully saturated rings. The second kappa shape index (κ2) is 10.6. The van der Waals surface area contributed by atoms with Crippen molar-refractivity contribution in [3.8, 4) is 0 Å². The van der Waals surface area contributed by atoms with Crippen molar-refractivity contribution in [2.45, 2.75) is 52.2 Å². The van der Waals surface area contributed by atoms with E-state index in [0.717, 1.165) is 6.42 Å². The summed E-state index contributed by atoms with van der Waals surface area (Å²) in [5, 5.41) is 2.60. The molecule has 1 N–H and O–H groups in total. The van der Waals surface area contributed by atoms with Gasteiger partial charge in [-0.15, -0.1) is 18.2 Å². The molecule has 6 heteroatoms. The maximum absolute atomic E-state index is 11.9. The molecule has 5 nitrogen and oxygen atoms in total. The normalized spacial score (nSPS) is 14.0. The van der Waals surface area contributed by atoms with Gasteiger partial charge in [0.25, 0.3) is 0 Å². The van der Waals surface area contributed by atoms with E-state index in [-0.39, 0.29) is 17.6 Å². The number of amides is 1. The maximum Gasteiger partial charge on any atom is 0.408 e. The van der Waals surface area contributed by atoms with Gasteiger partial charge in [0.1, 0.15) is 5.60 Å². The van der Waals surface area contributed by atoms with Gasteiger partial charge in [-0.05, 0) is 39.5 Å². The molecule has 0 saturated heterocycles. The summed E-state index contributed by atoms with van der Waals surface area (Å²) in [5.74, 6) is -0.150. The first-order valence-electron chi connectivity index (χ1n) is 7.46. The van der Waals surface area contributed by atoms with Gasteiger partial charge in [-0.1, -0.05) is 13.0 Å². The standard InChI is InChI=1S/C16H28ClNO4/c1-6-8-21-9-7-12(2)10-13(14(19)11-17)18-15(20)22-16(3,4)5/h6,12-13H,1,7-11H2,2-5H3,(H,18,20). The van der Waals surface area contributed by atoms with E-state index in [1.54, 1.807) is 26.8 Å². The topological polar surface area (TPSA) is 64.6 Å². The Kier molecular flexibility index (Phi) is 10.1. The van der Waals surface area contributed by atoms with Crippen LogP contribution >= 0.6 is 11.6 Å². The molecule has 22 heavy (non-hydrogen) atoms. The summed E-state index contributed by atoms with van der Waals surface area (Å²) in [7, 11) is 0. The number of carbonyl (C=O) groups is 2. The van der Waals surface area contributed by atoms with E-state index in [2.05, 4.69) is 11.9 Å². The zero-order chi connectivity index (χ0) is 17.2. The highest BCUT2D eigenvalue weighted by Crippen LogP contribution is 2.13. The SMILES string of the molecule is C=CCOCCC(C)CC(NC(=O)OC(C)(C)C)C(=O)CCl. The lowest BCUT2D eigenvalue weighted by molar-refractivity contribution is -0.119. The largest absolute Gasteiger partial charge is 0.444 e. The van der Waals surface area contributed by atoms with Gasteiger partial charge in [0.05, 0.1) is 18.5 Å². The summed E-state index contributed by atoms with van der Waals surface area (Å²) in [5.41, 5.74) is -0.608. The van der Waals surface area contributed by atoms with Gasteiger partial charge in [0.2, 0.25) is 0 Å². The Balaban J connectivity index is 4.42. The highest BCUT2D eigenvalue weighted by Gasteiger charge is 2.25. The van der Waals surface area contributed by atoms with Crippen molar-refractivity contribution in [1.29, 1.82) is 0 Å². The molecule has 0 rings (SSSR count). The summed E-state index contributed by atoms with van der Waals surface area (Å²) in [6.07, 6.45) is 2.37. The third kappa shape index (κ3) is 10.6. The summed E-state index contributed by atoms with van der Waals surface area (Å²) in [4.78, 5) is 23.7. The third-order valence-corrected chi connectivity index (χ3v) is 3.10. The van der Waals surface area contributed by atoms with Gasteiger partial charge in [-0.2, -0.15) is 0 Å². The molecule has 0 aliphatic heterocycles. The van der Waals surface area contributed by atoms with Gasteiger partial charge < -0.3 is 14.8 Å². The van der Waals surface area contributed by atoms with Crippen LogP contribution in [0.4, 0.5) is 4.79 Å². The van der Waals surface area contributed by atoms with Gasteiger partial charge >= 0.3 is 6.09 Å². The number of alkyl halides is 1. The van der Waals surface area contributed by atoms with Crippen LogP contribution in [0, 0.1) is 5.92 Å². The molecule has 0 aromatic heterocycles. The fourth-order valence-corrected chi connectivity index (χ4v) is 1.97. The van der Waals surface area contributed by atoms with Crippen LogP contribution in [0.5, 0.6) is 0 Å². The summed E-state index contributed by atoms with van der Waals surface area (Å²) in [6, 6.07) is -0.637. The lowest BCUT2D eigenvalue weighted by Gasteiger charge is -2.24. The number of alkyl carbamates (subject to hydrolysis) is 1. The number of rotatable bonds is 10. The number of ether oxygens (including phenoxy) is 2. The second-order valence-corrected chi connectivity index (χ2v) is 6.56. The zero-order valence-electron chi connectivity index (χ0n) is 14.0. The lowest BCUT2D eigenvalue weighted by Crippen LogP contribution is -2.44. The minimum Gasteiger partial charge on any atom is -0.444 e. The van der Waals surface area contributed by atoms with Crippen LogP contribution in [0.15, 0.2) is 12.7 Å². The Morgan fingerprint density at radius 3 is 2.50 bits per heavy atom. The Morgan fingerprint density at radius 1 is 1.36 bits per heavy atom. The number of hydrogen-bond donors (Lipinski definition) is 1. The molecule has 0 heterocycles. The van der Waals surface area contributed by atoms with E-state index in [1.165, 1.54) is 0 Å². The summed E-state index contributed by atoms with van der Waals surface area (Å²) in [6.45, 7) is 12.0. The van der Waals surface area contributed by atoms with E-state index < -0.39 is 17.7 Å². The summed E-state index contributed by atoms with van der Waals surface area (Å²) < 4.78 is 10.5. The number of nitrogens with one attached hydrogen (secondary N) is 1. The van der Waals surface area contributed by atoms with Crippen LogP contribution in [0.1, 0.15) is 40.5 Å².